The zero-order valence-electron chi connectivity index (χ0n) is 18.2. The van der Waals surface area contributed by atoms with Crippen LogP contribution >= 0.6 is 23.4 Å². The van der Waals surface area contributed by atoms with Crippen LogP contribution in [-0.2, 0) is 11.3 Å². The van der Waals surface area contributed by atoms with Gasteiger partial charge in [-0.25, -0.2) is 9.97 Å². The average Bonchev–Trinajstić information content (AvgIpc) is 2.75. The summed E-state index contributed by atoms with van der Waals surface area (Å²) in [5, 5.41) is 0.813. The molecule has 1 aromatic carbocycles. The van der Waals surface area contributed by atoms with Crippen LogP contribution in [-0.4, -0.2) is 71.7 Å². The van der Waals surface area contributed by atoms with Crippen LogP contribution in [0.3, 0.4) is 0 Å². The van der Waals surface area contributed by atoms with E-state index in [0.29, 0.717) is 42.3 Å². The monoisotopic (exact) mass is 459 g/mol. The Kier molecular flexibility index (Phi) is 10.6. The van der Waals surface area contributed by atoms with Crippen molar-refractivity contribution in [2.24, 2.45) is 0 Å². The maximum absolute atomic E-state index is 13.0. The van der Waals surface area contributed by atoms with E-state index in [1.807, 2.05) is 54.2 Å². The van der Waals surface area contributed by atoms with Crippen LogP contribution < -0.4 is 4.90 Å². The third-order valence-corrected chi connectivity index (χ3v) is 5.42. The molecule has 0 aliphatic carbocycles. The predicted molar refractivity (Wildman–Crippen MR) is 131 cm³/mol. The van der Waals surface area contributed by atoms with Gasteiger partial charge in [-0.2, -0.15) is 0 Å². The second-order valence-electron chi connectivity index (χ2n) is 7.21. The third-order valence-electron chi connectivity index (χ3n) is 4.39. The number of likely N-dealkylation sites (N-methyl/N-ethyl adjacent to an activating group) is 1. The maximum Gasteiger partial charge on any atom is 0.233 e. The normalized spacial score (nSPS) is 10.7. The first-order valence-corrected chi connectivity index (χ1v) is 11.4. The highest BCUT2D eigenvalue weighted by molar-refractivity contribution is 7.99. The van der Waals surface area contributed by atoms with E-state index < -0.39 is 0 Å². The molecule has 1 aromatic heterocycles. The summed E-state index contributed by atoms with van der Waals surface area (Å²) < 4.78 is 0. The van der Waals surface area contributed by atoms with Gasteiger partial charge in [-0.05, 0) is 19.7 Å². The summed E-state index contributed by atoms with van der Waals surface area (Å²) in [7, 11) is 4.00. The molecule has 0 aliphatic rings. The number of carbonyl (C=O) groups excluding carboxylic acids is 1. The minimum Gasteiger partial charge on any atom is -0.349 e. The molecule has 0 atom stereocenters. The number of anilines is 1. The Morgan fingerprint density at radius 1 is 1.10 bits per heavy atom. The minimum absolute atomic E-state index is 0.0369. The molecule has 1 heterocycles. The van der Waals surface area contributed by atoms with Gasteiger partial charge in [-0.1, -0.05) is 65.8 Å². The Bertz CT molecular complexity index is 852. The number of hydrogen-bond donors (Lipinski definition) is 0. The molecule has 166 valence electrons. The molecule has 0 bridgehead atoms. The fourth-order valence-electron chi connectivity index (χ4n) is 2.82. The fraction of sp³-hybridized carbons (Fsp3) is 0.348. The average molecular weight is 460 g/mol. The summed E-state index contributed by atoms with van der Waals surface area (Å²) in [5.41, 5.74) is 1.10. The summed E-state index contributed by atoms with van der Waals surface area (Å²) in [5.74, 6) is 0.960. The lowest BCUT2D eigenvalue weighted by atomic mass is 10.2. The third kappa shape index (κ3) is 8.73. The second kappa shape index (κ2) is 13.1. The van der Waals surface area contributed by atoms with Gasteiger partial charge in [0.05, 0.1) is 5.75 Å². The highest BCUT2D eigenvalue weighted by Gasteiger charge is 2.17. The molecule has 0 radical (unpaired) electrons. The van der Waals surface area contributed by atoms with Gasteiger partial charge >= 0.3 is 0 Å². The minimum atomic E-state index is 0.0369. The number of nitrogens with zero attached hydrogens (tertiary/aromatic N) is 5. The lowest BCUT2D eigenvalue weighted by Crippen LogP contribution is -2.37. The smallest absolute Gasteiger partial charge is 0.233 e. The van der Waals surface area contributed by atoms with Crippen molar-refractivity contribution in [3.8, 4) is 0 Å². The van der Waals surface area contributed by atoms with Crippen molar-refractivity contribution in [3.63, 3.8) is 0 Å². The highest BCUT2D eigenvalue weighted by atomic mass is 35.5. The zero-order valence-corrected chi connectivity index (χ0v) is 19.8. The van der Waals surface area contributed by atoms with Crippen molar-refractivity contribution < 1.29 is 4.79 Å². The largest absolute Gasteiger partial charge is 0.349 e. The van der Waals surface area contributed by atoms with Crippen LogP contribution in [0.5, 0.6) is 0 Å². The van der Waals surface area contributed by atoms with E-state index in [-0.39, 0.29) is 11.7 Å². The molecular formula is C23H30ClN5OS. The van der Waals surface area contributed by atoms with Gasteiger partial charge in [0.1, 0.15) is 11.0 Å². The van der Waals surface area contributed by atoms with E-state index in [4.69, 9.17) is 11.6 Å². The zero-order chi connectivity index (χ0) is 22.6. The quantitative estimate of drug-likeness (QED) is 0.195. The Morgan fingerprint density at radius 3 is 2.39 bits per heavy atom. The van der Waals surface area contributed by atoms with Gasteiger partial charge in [-0.3, -0.25) is 4.79 Å². The molecule has 8 heteroatoms. The van der Waals surface area contributed by atoms with E-state index in [1.165, 1.54) is 11.8 Å². The second-order valence-corrected chi connectivity index (χ2v) is 8.54. The van der Waals surface area contributed by atoms with Crippen molar-refractivity contribution in [3.05, 3.63) is 72.4 Å². The molecule has 0 saturated carbocycles. The lowest BCUT2D eigenvalue weighted by Gasteiger charge is -2.24. The Labute approximate surface area is 194 Å². The van der Waals surface area contributed by atoms with Crippen LogP contribution in [0.1, 0.15) is 5.56 Å². The molecule has 2 rings (SSSR count). The number of benzene rings is 1. The molecule has 1 amide bonds. The van der Waals surface area contributed by atoms with Gasteiger partial charge in [-0.15, -0.1) is 13.2 Å². The van der Waals surface area contributed by atoms with Gasteiger partial charge < -0.3 is 14.7 Å². The summed E-state index contributed by atoms with van der Waals surface area (Å²) in [6.07, 6.45) is 3.59. The molecular weight excluding hydrogens is 430 g/mol. The summed E-state index contributed by atoms with van der Waals surface area (Å²) in [6, 6.07) is 11.7. The summed E-state index contributed by atoms with van der Waals surface area (Å²) in [4.78, 5) is 27.8. The molecule has 6 nitrogen and oxygen atoms in total. The number of aromatic nitrogens is 2. The van der Waals surface area contributed by atoms with Crippen LogP contribution in [0.25, 0.3) is 0 Å². The molecule has 2 aromatic rings. The van der Waals surface area contributed by atoms with E-state index in [2.05, 4.69) is 28.0 Å². The van der Waals surface area contributed by atoms with Gasteiger partial charge in [0.25, 0.3) is 0 Å². The number of rotatable bonds is 13. The molecule has 0 saturated heterocycles. The van der Waals surface area contributed by atoms with Crippen LogP contribution in [0.15, 0.2) is 66.9 Å². The lowest BCUT2D eigenvalue weighted by molar-refractivity contribution is -0.129. The predicted octanol–water partition coefficient (Wildman–Crippen LogP) is 3.99. The van der Waals surface area contributed by atoms with Crippen molar-refractivity contribution in [1.29, 1.82) is 0 Å². The first kappa shape index (κ1) is 24.9. The van der Waals surface area contributed by atoms with Crippen molar-refractivity contribution in [1.82, 2.24) is 19.8 Å². The number of carbonyl (C=O) groups is 1. The first-order chi connectivity index (χ1) is 14.9. The van der Waals surface area contributed by atoms with Crippen molar-refractivity contribution in [2.75, 3.05) is 50.9 Å². The molecule has 31 heavy (non-hydrogen) atoms. The Hall–Kier alpha value is -2.35. The number of thioether (sulfide) groups is 1. The Morgan fingerprint density at radius 2 is 1.77 bits per heavy atom. The van der Waals surface area contributed by atoms with Gasteiger partial charge in [0.2, 0.25) is 5.91 Å². The van der Waals surface area contributed by atoms with Crippen LogP contribution in [0.2, 0.25) is 5.15 Å². The van der Waals surface area contributed by atoms with E-state index in [9.17, 15) is 4.79 Å². The standard InChI is InChI=1S/C23H30ClN5OS/c1-5-12-28(13-6-2)21-16-20(24)25-23(26-21)31-18-22(30)29(15-14-27(3)4)17-19-10-8-7-9-11-19/h5-11,16H,1-2,12-15,17-18H2,3-4H3. The van der Waals surface area contributed by atoms with E-state index in [1.54, 1.807) is 18.2 Å². The number of hydrogen-bond acceptors (Lipinski definition) is 6. The molecule has 0 unspecified atom stereocenters. The fourth-order valence-corrected chi connectivity index (χ4v) is 3.80. The molecule has 0 spiro atoms. The highest BCUT2D eigenvalue weighted by Crippen LogP contribution is 2.22. The first-order valence-electron chi connectivity index (χ1n) is 10.0. The molecule has 0 aliphatic heterocycles. The van der Waals surface area contributed by atoms with Crippen LogP contribution in [0.4, 0.5) is 5.82 Å². The van der Waals surface area contributed by atoms with E-state index in [0.717, 1.165) is 12.1 Å². The van der Waals surface area contributed by atoms with Crippen molar-refractivity contribution >= 4 is 35.1 Å². The van der Waals surface area contributed by atoms with Crippen LogP contribution in [0, 0.1) is 0 Å². The maximum atomic E-state index is 13.0. The summed E-state index contributed by atoms with van der Waals surface area (Å²) in [6.45, 7) is 10.8. The molecule has 0 N–H and O–H groups in total. The topological polar surface area (TPSA) is 52.6 Å². The molecule has 0 fully saturated rings. The Balaban J connectivity index is 2.09. The van der Waals surface area contributed by atoms with E-state index >= 15 is 0 Å². The number of amides is 1. The van der Waals surface area contributed by atoms with Gasteiger partial charge in [0.15, 0.2) is 5.16 Å². The summed E-state index contributed by atoms with van der Waals surface area (Å²) >= 11 is 7.51. The number of halogens is 1. The van der Waals surface area contributed by atoms with Gasteiger partial charge in [0, 0.05) is 38.8 Å². The van der Waals surface area contributed by atoms with Crippen molar-refractivity contribution in [2.45, 2.75) is 11.7 Å². The SMILES string of the molecule is C=CCN(CC=C)c1cc(Cl)nc(SCC(=O)N(CCN(C)C)Cc2ccccc2)n1.